The van der Waals surface area contributed by atoms with Gasteiger partial charge >= 0.3 is 0 Å². The van der Waals surface area contributed by atoms with Gasteiger partial charge in [0.1, 0.15) is 10.6 Å². The molecule has 0 bridgehead atoms. The number of benzene rings is 2. The Labute approximate surface area is 174 Å². The Hall–Kier alpha value is -3.02. The Balaban J connectivity index is 1.94. The van der Waals surface area contributed by atoms with Crippen LogP contribution in [0.5, 0.6) is 5.75 Å². The second-order valence-electron chi connectivity index (χ2n) is 6.49. The molecule has 1 heterocycles. The topological polar surface area (TPSA) is 123 Å². The normalized spacial score (nSPS) is 15.6. The van der Waals surface area contributed by atoms with Crippen LogP contribution in [0.15, 0.2) is 52.5 Å². The number of sulfonamides is 1. The molecular formula is C19H22N4O6S. The predicted octanol–water partition coefficient (Wildman–Crippen LogP) is 2.46. The van der Waals surface area contributed by atoms with E-state index in [1.807, 2.05) is 12.1 Å². The lowest BCUT2D eigenvalue weighted by atomic mass is 10.1. The Morgan fingerprint density at radius 3 is 2.47 bits per heavy atom. The van der Waals surface area contributed by atoms with Crippen molar-refractivity contribution in [2.24, 2.45) is 5.10 Å². The molecule has 11 heteroatoms. The molecule has 3 rings (SSSR count). The van der Waals surface area contributed by atoms with Gasteiger partial charge in [0.05, 0.1) is 36.6 Å². The summed E-state index contributed by atoms with van der Waals surface area (Å²) in [6.45, 7) is 2.66. The molecule has 0 aliphatic carbocycles. The number of nitrogens with one attached hydrogen (secondary N) is 1. The minimum absolute atomic E-state index is 0.153. The van der Waals surface area contributed by atoms with Gasteiger partial charge in [-0.2, -0.15) is 9.41 Å². The molecule has 0 unspecified atom stereocenters. The Morgan fingerprint density at radius 2 is 1.87 bits per heavy atom. The molecule has 160 valence electrons. The number of nitro benzene ring substituents is 1. The third-order valence-corrected chi connectivity index (χ3v) is 6.55. The van der Waals surface area contributed by atoms with E-state index in [0.717, 1.165) is 11.6 Å². The predicted molar refractivity (Wildman–Crippen MR) is 112 cm³/mol. The molecule has 2 aromatic carbocycles. The van der Waals surface area contributed by atoms with E-state index in [4.69, 9.17) is 9.47 Å². The van der Waals surface area contributed by atoms with Crippen LogP contribution < -0.4 is 10.2 Å². The quantitative estimate of drug-likeness (QED) is 0.403. The highest BCUT2D eigenvalue weighted by Gasteiger charge is 2.30. The van der Waals surface area contributed by atoms with Crippen LogP contribution >= 0.6 is 0 Å². The van der Waals surface area contributed by atoms with Crippen molar-refractivity contribution in [2.75, 3.05) is 38.8 Å². The van der Waals surface area contributed by atoms with Gasteiger partial charge in [0.25, 0.3) is 5.69 Å². The summed E-state index contributed by atoms with van der Waals surface area (Å²) in [4.78, 5) is 10.4. The van der Waals surface area contributed by atoms with Gasteiger partial charge in [-0.15, -0.1) is 0 Å². The zero-order chi connectivity index (χ0) is 21.7. The number of anilines is 1. The fraction of sp³-hybridized carbons (Fsp3) is 0.316. The van der Waals surface area contributed by atoms with Gasteiger partial charge < -0.3 is 9.47 Å². The number of morpholine rings is 1. The highest BCUT2D eigenvalue weighted by molar-refractivity contribution is 7.89. The van der Waals surface area contributed by atoms with Crippen LogP contribution in [0.25, 0.3) is 0 Å². The number of nitro groups is 1. The number of hydrazone groups is 1. The van der Waals surface area contributed by atoms with Crippen molar-refractivity contribution in [3.63, 3.8) is 0 Å². The zero-order valence-corrected chi connectivity index (χ0v) is 17.4. The molecule has 1 N–H and O–H groups in total. The summed E-state index contributed by atoms with van der Waals surface area (Å²) in [5.41, 5.74) is 4.00. The van der Waals surface area contributed by atoms with Crippen molar-refractivity contribution in [2.45, 2.75) is 11.8 Å². The van der Waals surface area contributed by atoms with E-state index < -0.39 is 14.9 Å². The number of hydrogen-bond acceptors (Lipinski definition) is 8. The Morgan fingerprint density at radius 1 is 1.20 bits per heavy atom. The van der Waals surface area contributed by atoms with Gasteiger partial charge in [-0.1, -0.05) is 0 Å². The molecule has 0 radical (unpaired) electrons. The molecule has 2 aromatic rings. The fourth-order valence-electron chi connectivity index (χ4n) is 2.90. The van der Waals surface area contributed by atoms with E-state index >= 15 is 0 Å². The highest BCUT2D eigenvalue weighted by Crippen LogP contribution is 2.29. The summed E-state index contributed by atoms with van der Waals surface area (Å²) < 4.78 is 37.8. The lowest BCUT2D eigenvalue weighted by molar-refractivity contribution is -0.385. The van der Waals surface area contributed by atoms with Crippen LogP contribution in [-0.2, 0) is 14.8 Å². The van der Waals surface area contributed by atoms with Gasteiger partial charge in [-0.3, -0.25) is 15.5 Å². The molecule has 1 aliphatic heterocycles. The lowest BCUT2D eigenvalue weighted by Gasteiger charge is -2.26. The maximum Gasteiger partial charge on any atom is 0.270 e. The van der Waals surface area contributed by atoms with E-state index in [2.05, 4.69) is 10.5 Å². The first kappa shape index (κ1) is 21.7. The molecule has 0 saturated carbocycles. The van der Waals surface area contributed by atoms with Gasteiger partial charge in [0.2, 0.25) is 10.0 Å². The first-order valence-electron chi connectivity index (χ1n) is 9.14. The largest absolute Gasteiger partial charge is 0.497 e. The molecule has 30 heavy (non-hydrogen) atoms. The smallest absolute Gasteiger partial charge is 0.270 e. The monoisotopic (exact) mass is 434 g/mol. The van der Waals surface area contributed by atoms with Crippen molar-refractivity contribution >= 4 is 27.1 Å². The van der Waals surface area contributed by atoms with E-state index in [-0.39, 0.29) is 42.6 Å². The van der Waals surface area contributed by atoms with Gasteiger partial charge in [0.15, 0.2) is 0 Å². The number of methoxy groups -OCH3 is 1. The summed E-state index contributed by atoms with van der Waals surface area (Å²) in [7, 11) is -2.40. The molecule has 0 amide bonds. The van der Waals surface area contributed by atoms with Crippen LogP contribution in [0.4, 0.5) is 11.4 Å². The van der Waals surface area contributed by atoms with Crippen LogP contribution in [-0.4, -0.2) is 56.8 Å². The Kier molecular flexibility index (Phi) is 6.65. The second kappa shape index (κ2) is 9.20. The fourth-order valence-corrected chi connectivity index (χ4v) is 4.47. The maximum absolute atomic E-state index is 13.1. The highest BCUT2D eigenvalue weighted by atomic mass is 32.2. The molecule has 10 nitrogen and oxygen atoms in total. The van der Waals surface area contributed by atoms with Gasteiger partial charge in [-0.05, 0) is 42.8 Å². The molecule has 0 atom stereocenters. The number of rotatable bonds is 7. The first-order chi connectivity index (χ1) is 14.3. The number of ether oxygens (including phenoxy) is 2. The number of hydrogen-bond donors (Lipinski definition) is 1. The third-order valence-electron chi connectivity index (χ3n) is 4.62. The first-order valence-corrected chi connectivity index (χ1v) is 10.6. The molecular weight excluding hydrogens is 412 g/mol. The SMILES string of the molecule is COc1ccc(/C(C)=N\Nc2ccc([N+](=O)[O-])cc2S(=O)(=O)N2CCOCC2)cc1. The zero-order valence-electron chi connectivity index (χ0n) is 16.6. The summed E-state index contributed by atoms with van der Waals surface area (Å²) in [6, 6.07) is 10.8. The second-order valence-corrected chi connectivity index (χ2v) is 8.40. The van der Waals surface area contributed by atoms with Crippen LogP contribution in [0.3, 0.4) is 0 Å². The van der Waals surface area contributed by atoms with Crippen molar-refractivity contribution in [3.8, 4) is 5.75 Å². The summed E-state index contributed by atoms with van der Waals surface area (Å²) in [6.07, 6.45) is 0. The summed E-state index contributed by atoms with van der Waals surface area (Å²) >= 11 is 0. The van der Waals surface area contributed by atoms with Crippen LogP contribution in [0.2, 0.25) is 0 Å². The molecule has 1 saturated heterocycles. The van der Waals surface area contributed by atoms with Gasteiger partial charge in [-0.25, -0.2) is 8.42 Å². The molecule has 0 aromatic heterocycles. The average molecular weight is 434 g/mol. The van der Waals surface area contributed by atoms with E-state index in [9.17, 15) is 18.5 Å². The standard InChI is InChI=1S/C19H22N4O6S/c1-14(15-3-6-17(28-2)7-4-15)20-21-18-8-5-16(23(24)25)13-19(18)30(26,27)22-9-11-29-12-10-22/h3-8,13,21H,9-12H2,1-2H3/b20-14-. The average Bonchev–Trinajstić information content (AvgIpc) is 2.77. The Bertz CT molecular complexity index is 1050. The van der Waals surface area contributed by atoms with Gasteiger partial charge in [0, 0.05) is 25.2 Å². The van der Waals surface area contributed by atoms with Crippen molar-refractivity contribution in [1.29, 1.82) is 0 Å². The maximum atomic E-state index is 13.1. The van der Waals surface area contributed by atoms with E-state index in [1.54, 1.807) is 26.2 Å². The minimum atomic E-state index is -3.97. The lowest BCUT2D eigenvalue weighted by Crippen LogP contribution is -2.40. The van der Waals surface area contributed by atoms with E-state index in [1.165, 1.54) is 16.4 Å². The van der Waals surface area contributed by atoms with Crippen molar-refractivity contribution in [1.82, 2.24) is 4.31 Å². The molecule has 1 aliphatic rings. The van der Waals surface area contributed by atoms with Crippen molar-refractivity contribution in [3.05, 3.63) is 58.1 Å². The minimum Gasteiger partial charge on any atom is -0.497 e. The summed E-state index contributed by atoms with van der Waals surface area (Å²) in [5, 5.41) is 15.5. The van der Waals surface area contributed by atoms with Crippen LogP contribution in [0.1, 0.15) is 12.5 Å². The number of nitrogens with zero attached hydrogens (tertiary/aromatic N) is 3. The third kappa shape index (κ3) is 4.75. The van der Waals surface area contributed by atoms with E-state index in [0.29, 0.717) is 11.5 Å². The van der Waals surface area contributed by atoms with Crippen LogP contribution in [0, 0.1) is 10.1 Å². The number of non-ortho nitro benzene ring substituents is 1. The van der Waals surface area contributed by atoms with Crippen molar-refractivity contribution < 1.29 is 22.8 Å². The molecule has 1 fully saturated rings. The summed E-state index contributed by atoms with van der Waals surface area (Å²) in [5.74, 6) is 0.703. The molecule has 0 spiro atoms.